The minimum Gasteiger partial charge on any atom is -0.276 e. The van der Waals surface area contributed by atoms with E-state index in [1.807, 2.05) is 0 Å². The third kappa shape index (κ3) is 2.51. The first kappa shape index (κ1) is 14.0. The van der Waals surface area contributed by atoms with Gasteiger partial charge in [-0.25, -0.2) is 5.43 Å². The van der Waals surface area contributed by atoms with E-state index in [1.165, 1.54) is 22.5 Å². The Bertz CT molecular complexity index is 783. The van der Waals surface area contributed by atoms with Gasteiger partial charge in [0.25, 0.3) is 0 Å². The molecule has 23 heavy (non-hydrogen) atoms. The molecule has 0 bridgehead atoms. The molecule has 0 saturated carbocycles. The zero-order valence-corrected chi connectivity index (χ0v) is 13.2. The number of nitrogens with zero attached hydrogens (tertiary/aromatic N) is 1. The minimum absolute atomic E-state index is 0.313. The molecule has 0 aromatic heterocycles. The summed E-state index contributed by atoms with van der Waals surface area (Å²) in [5.41, 5.74) is 8.79. The first-order valence-electron chi connectivity index (χ1n) is 8.10. The van der Waals surface area contributed by atoms with E-state index in [0.29, 0.717) is 12.0 Å². The summed E-state index contributed by atoms with van der Waals surface area (Å²) in [6.07, 6.45) is 0. The van der Waals surface area contributed by atoms with Crippen LogP contribution in [0.2, 0.25) is 0 Å². The lowest BCUT2D eigenvalue weighted by Crippen LogP contribution is -2.48. The van der Waals surface area contributed by atoms with Gasteiger partial charge in [-0.2, -0.15) is 0 Å². The smallest absolute Gasteiger partial charge is 0.0616 e. The summed E-state index contributed by atoms with van der Waals surface area (Å²) in [6, 6.07) is 30.2. The molecule has 2 unspecified atom stereocenters. The molecule has 1 N–H and O–H groups in total. The number of nitrogens with one attached hydrogen (secondary N) is 1. The quantitative estimate of drug-likeness (QED) is 0.727. The molecule has 0 aliphatic carbocycles. The van der Waals surface area contributed by atoms with E-state index in [9.17, 15) is 0 Å². The van der Waals surface area contributed by atoms with E-state index >= 15 is 0 Å². The Labute approximate surface area is 137 Å². The van der Waals surface area contributed by atoms with Crippen molar-refractivity contribution in [2.75, 3.05) is 5.01 Å². The highest BCUT2D eigenvalue weighted by Crippen LogP contribution is 2.40. The van der Waals surface area contributed by atoms with Gasteiger partial charge in [0.15, 0.2) is 0 Å². The van der Waals surface area contributed by atoms with Crippen molar-refractivity contribution in [2.45, 2.75) is 18.9 Å². The molecule has 3 aromatic carbocycles. The number of fused-ring (bicyclic) bond motifs is 1. The molecule has 3 aromatic rings. The van der Waals surface area contributed by atoms with Gasteiger partial charge in [0.05, 0.1) is 11.4 Å². The van der Waals surface area contributed by atoms with E-state index < -0.39 is 0 Å². The Morgan fingerprint density at radius 2 is 1.35 bits per heavy atom. The Morgan fingerprint density at radius 1 is 0.739 bits per heavy atom. The highest BCUT2D eigenvalue weighted by atomic mass is 15.5. The fourth-order valence-corrected chi connectivity index (χ4v) is 3.49. The van der Waals surface area contributed by atoms with E-state index in [4.69, 9.17) is 0 Å². The minimum atomic E-state index is 0.313. The molecule has 1 heterocycles. The normalized spacial score (nSPS) is 20.1. The van der Waals surface area contributed by atoms with Gasteiger partial charge in [0, 0.05) is 12.0 Å². The van der Waals surface area contributed by atoms with Gasteiger partial charge >= 0.3 is 0 Å². The molecule has 0 amide bonds. The van der Waals surface area contributed by atoms with Gasteiger partial charge in [0.1, 0.15) is 0 Å². The highest BCUT2D eigenvalue weighted by molar-refractivity contribution is 5.69. The predicted octanol–water partition coefficient (Wildman–Crippen LogP) is 4.86. The standard InChI is InChI=1S/C21H20N2/c1-16-21(17-10-4-2-5-11-17)19-14-8-9-15-20(19)23(22-16)18-12-6-3-7-13-18/h2-16,21-22H,1H3. The van der Waals surface area contributed by atoms with Gasteiger partial charge < -0.3 is 0 Å². The van der Waals surface area contributed by atoms with Crippen molar-refractivity contribution >= 4 is 11.4 Å². The fraction of sp³-hybridized carbons (Fsp3) is 0.143. The third-order valence-electron chi connectivity index (χ3n) is 4.52. The monoisotopic (exact) mass is 300 g/mol. The average Bonchev–Trinajstić information content (AvgIpc) is 2.62. The van der Waals surface area contributed by atoms with Crippen molar-refractivity contribution in [3.63, 3.8) is 0 Å². The average molecular weight is 300 g/mol. The molecular formula is C21H20N2. The third-order valence-corrected chi connectivity index (χ3v) is 4.52. The zero-order valence-electron chi connectivity index (χ0n) is 13.2. The van der Waals surface area contributed by atoms with E-state index in [0.717, 1.165) is 0 Å². The van der Waals surface area contributed by atoms with Crippen LogP contribution in [0, 0.1) is 0 Å². The van der Waals surface area contributed by atoms with Crippen molar-refractivity contribution in [3.05, 3.63) is 96.1 Å². The van der Waals surface area contributed by atoms with Crippen molar-refractivity contribution in [2.24, 2.45) is 0 Å². The van der Waals surface area contributed by atoms with E-state index in [-0.39, 0.29) is 0 Å². The summed E-state index contributed by atoms with van der Waals surface area (Å²) in [4.78, 5) is 0. The van der Waals surface area contributed by atoms with Crippen LogP contribution in [0.15, 0.2) is 84.9 Å². The van der Waals surface area contributed by atoms with Crippen LogP contribution in [-0.2, 0) is 0 Å². The molecule has 2 nitrogen and oxygen atoms in total. The molecule has 1 aliphatic rings. The van der Waals surface area contributed by atoms with Crippen molar-refractivity contribution in [3.8, 4) is 0 Å². The first-order chi connectivity index (χ1) is 11.3. The van der Waals surface area contributed by atoms with E-state index in [2.05, 4.69) is 102 Å². The van der Waals surface area contributed by atoms with Crippen LogP contribution in [0.25, 0.3) is 0 Å². The summed E-state index contributed by atoms with van der Waals surface area (Å²) in [5.74, 6) is 0.354. The van der Waals surface area contributed by atoms with Gasteiger partial charge in [-0.1, -0.05) is 66.7 Å². The molecule has 0 saturated heterocycles. The number of hydrogen-bond donors (Lipinski definition) is 1. The summed E-state index contributed by atoms with van der Waals surface area (Å²) in [7, 11) is 0. The molecule has 2 atom stereocenters. The second kappa shape index (κ2) is 5.90. The van der Waals surface area contributed by atoms with E-state index in [1.54, 1.807) is 0 Å². The van der Waals surface area contributed by atoms with Crippen LogP contribution in [0.4, 0.5) is 11.4 Å². The van der Waals surface area contributed by atoms with Crippen LogP contribution in [-0.4, -0.2) is 6.04 Å². The van der Waals surface area contributed by atoms with Crippen LogP contribution in [0.5, 0.6) is 0 Å². The first-order valence-corrected chi connectivity index (χ1v) is 8.10. The zero-order chi connectivity index (χ0) is 15.6. The van der Waals surface area contributed by atoms with Crippen molar-refractivity contribution < 1.29 is 0 Å². The Kier molecular flexibility index (Phi) is 3.60. The number of hydrazine groups is 1. The molecule has 2 heteroatoms. The summed E-state index contributed by atoms with van der Waals surface area (Å²) in [6.45, 7) is 2.25. The number of para-hydroxylation sites is 2. The topological polar surface area (TPSA) is 15.3 Å². The van der Waals surface area contributed by atoms with Crippen molar-refractivity contribution in [1.29, 1.82) is 0 Å². The Morgan fingerprint density at radius 3 is 2.09 bits per heavy atom. The summed E-state index contributed by atoms with van der Waals surface area (Å²) < 4.78 is 0. The maximum Gasteiger partial charge on any atom is 0.0616 e. The lowest BCUT2D eigenvalue weighted by atomic mass is 9.83. The van der Waals surface area contributed by atoms with Crippen LogP contribution in [0.1, 0.15) is 24.0 Å². The summed E-state index contributed by atoms with van der Waals surface area (Å²) >= 11 is 0. The lowest BCUT2D eigenvalue weighted by molar-refractivity contribution is 0.482. The molecular weight excluding hydrogens is 280 g/mol. The number of rotatable bonds is 2. The second-order valence-electron chi connectivity index (χ2n) is 6.04. The van der Waals surface area contributed by atoms with Gasteiger partial charge in [-0.3, -0.25) is 5.01 Å². The molecule has 4 rings (SSSR count). The summed E-state index contributed by atoms with van der Waals surface area (Å²) in [5, 5.41) is 2.21. The van der Waals surface area contributed by atoms with Gasteiger partial charge in [-0.15, -0.1) is 0 Å². The van der Waals surface area contributed by atoms with Crippen molar-refractivity contribution in [1.82, 2.24) is 5.43 Å². The van der Waals surface area contributed by atoms with Crippen LogP contribution in [0.3, 0.4) is 0 Å². The fourth-order valence-electron chi connectivity index (χ4n) is 3.49. The Balaban J connectivity index is 1.84. The maximum atomic E-state index is 3.67. The number of benzene rings is 3. The molecule has 114 valence electrons. The lowest BCUT2D eigenvalue weighted by Gasteiger charge is -2.41. The number of anilines is 2. The molecule has 0 spiro atoms. The van der Waals surface area contributed by atoms with Crippen LogP contribution >= 0.6 is 0 Å². The number of hydrogen-bond acceptors (Lipinski definition) is 2. The predicted molar refractivity (Wildman–Crippen MR) is 95.9 cm³/mol. The highest BCUT2D eigenvalue weighted by Gasteiger charge is 2.31. The molecule has 1 aliphatic heterocycles. The SMILES string of the molecule is CC1NN(c2ccccc2)c2ccccc2C1c1ccccc1. The maximum absolute atomic E-state index is 3.67. The second-order valence-corrected chi connectivity index (χ2v) is 6.04. The Hall–Kier alpha value is -2.58. The molecule has 0 radical (unpaired) electrons. The van der Waals surface area contributed by atoms with Gasteiger partial charge in [-0.05, 0) is 36.2 Å². The molecule has 0 fully saturated rings. The van der Waals surface area contributed by atoms with Gasteiger partial charge in [0.2, 0.25) is 0 Å². The largest absolute Gasteiger partial charge is 0.276 e. The van der Waals surface area contributed by atoms with Crippen LogP contribution < -0.4 is 10.4 Å².